The van der Waals surface area contributed by atoms with Crippen LogP contribution in [0.4, 0.5) is 4.39 Å². The number of nitrogens with zero attached hydrogens (tertiary/aromatic N) is 3. The van der Waals surface area contributed by atoms with Gasteiger partial charge in [-0.25, -0.2) is 8.96 Å². The summed E-state index contributed by atoms with van der Waals surface area (Å²) in [5, 5.41) is 6.46. The Hall–Kier alpha value is -3.79. The van der Waals surface area contributed by atoms with E-state index in [1.165, 1.54) is 32.8 Å². The second-order valence-corrected chi connectivity index (χ2v) is 11.6. The van der Waals surface area contributed by atoms with Gasteiger partial charge < -0.3 is 4.40 Å². The Morgan fingerprint density at radius 2 is 1.64 bits per heavy atom. The molecule has 0 aliphatic heterocycles. The van der Waals surface area contributed by atoms with Crippen LogP contribution in [0.5, 0.6) is 0 Å². The van der Waals surface area contributed by atoms with E-state index in [2.05, 4.69) is 68.8 Å². The maximum absolute atomic E-state index is 15.3. The number of benzene rings is 4. The molecule has 0 saturated heterocycles. The Labute approximate surface area is 209 Å². The number of pyridine rings is 1. The molecule has 4 aromatic carbocycles. The minimum atomic E-state index is -0.184. The second kappa shape index (κ2) is 6.91. The summed E-state index contributed by atoms with van der Waals surface area (Å²) in [6.45, 7) is 11.3. The van der Waals surface area contributed by atoms with Gasteiger partial charge in [-0.05, 0) is 82.4 Å². The number of aryl methyl sites for hydroxylation is 3. The van der Waals surface area contributed by atoms with Crippen LogP contribution in [-0.2, 0) is 13.5 Å². The molecule has 0 bridgehead atoms. The number of aromatic nitrogens is 3. The summed E-state index contributed by atoms with van der Waals surface area (Å²) < 4.78 is 19.7. The maximum Gasteiger partial charge on any atom is 0.287 e. The van der Waals surface area contributed by atoms with Crippen molar-refractivity contribution in [2.24, 2.45) is 12.5 Å². The van der Waals surface area contributed by atoms with Crippen molar-refractivity contribution in [1.82, 2.24) is 9.38 Å². The van der Waals surface area contributed by atoms with Crippen molar-refractivity contribution in [3.05, 3.63) is 77.4 Å². The third-order valence-electron chi connectivity index (χ3n) is 7.89. The topological polar surface area (TPSA) is 21.2 Å². The van der Waals surface area contributed by atoms with E-state index in [1.54, 1.807) is 6.07 Å². The Bertz CT molecular complexity index is 2040. The highest BCUT2D eigenvalue weighted by molar-refractivity contribution is 6.28. The van der Waals surface area contributed by atoms with Gasteiger partial charge in [0.05, 0.1) is 34.4 Å². The van der Waals surface area contributed by atoms with E-state index in [-0.39, 0.29) is 11.2 Å². The van der Waals surface area contributed by atoms with Gasteiger partial charge in [0, 0.05) is 10.8 Å². The van der Waals surface area contributed by atoms with Crippen molar-refractivity contribution in [3.63, 3.8) is 0 Å². The van der Waals surface area contributed by atoms with Crippen LogP contribution in [0.2, 0.25) is 0 Å². The highest BCUT2D eigenvalue weighted by Gasteiger charge is 2.27. The van der Waals surface area contributed by atoms with Crippen LogP contribution in [0.1, 0.15) is 37.5 Å². The first-order chi connectivity index (χ1) is 17.2. The summed E-state index contributed by atoms with van der Waals surface area (Å²) in [5.41, 5.74) is 9.23. The molecule has 178 valence electrons. The molecule has 3 heterocycles. The number of hydrogen-bond donors (Lipinski definition) is 0. The Morgan fingerprint density at radius 1 is 0.861 bits per heavy atom. The quantitative estimate of drug-likeness (QED) is 0.136. The predicted octanol–water partition coefficient (Wildman–Crippen LogP) is 7.71. The molecule has 36 heavy (non-hydrogen) atoms. The molecule has 0 spiro atoms. The fourth-order valence-corrected chi connectivity index (χ4v) is 6.51. The average molecular weight is 475 g/mol. The molecule has 0 aliphatic rings. The van der Waals surface area contributed by atoms with Crippen LogP contribution in [0.15, 0.2) is 54.9 Å². The molecule has 0 aliphatic carbocycles. The average Bonchev–Trinajstić information content (AvgIpc) is 3.17. The minimum Gasteiger partial charge on any atom is -0.307 e. The van der Waals surface area contributed by atoms with Crippen LogP contribution in [-0.4, -0.2) is 9.38 Å². The molecule has 0 unspecified atom stereocenters. The van der Waals surface area contributed by atoms with Gasteiger partial charge in [0.25, 0.3) is 6.33 Å². The largest absolute Gasteiger partial charge is 0.307 e. The molecular weight excluding hydrogens is 445 g/mol. The Morgan fingerprint density at radius 3 is 2.42 bits per heavy atom. The lowest BCUT2D eigenvalue weighted by Gasteiger charge is -2.20. The lowest BCUT2D eigenvalue weighted by Crippen LogP contribution is -2.30. The van der Waals surface area contributed by atoms with Crippen molar-refractivity contribution in [2.75, 3.05) is 0 Å². The number of hydrogen-bond acceptors (Lipinski definition) is 1. The standard InChI is InChI=1S/C32H29FN3/c1-17-22-14-19(15-32(3,4)5)10-11-20(22)18(2)29-26(17)31-28-24(34-16-35(31)6)13-12-21-27-23(33)8-7-9-25(27)36(29)30(21)28/h7-14,16H,15H2,1-6H3/q+1. The third kappa shape index (κ3) is 2.67. The van der Waals surface area contributed by atoms with E-state index in [1.807, 2.05) is 30.6 Å². The number of fused-ring (bicyclic) bond motifs is 7. The molecule has 0 saturated carbocycles. The molecule has 3 aromatic heterocycles. The summed E-state index contributed by atoms with van der Waals surface area (Å²) in [6, 6.07) is 16.4. The molecule has 0 radical (unpaired) electrons. The molecule has 0 N–H and O–H groups in total. The molecule has 3 nitrogen and oxygen atoms in total. The molecule has 0 amide bonds. The Balaban J connectivity index is 1.82. The van der Waals surface area contributed by atoms with Gasteiger partial charge in [-0.2, -0.15) is 0 Å². The lowest BCUT2D eigenvalue weighted by atomic mass is 9.86. The van der Waals surface area contributed by atoms with Gasteiger partial charge in [0.2, 0.25) is 0 Å². The monoisotopic (exact) mass is 474 g/mol. The van der Waals surface area contributed by atoms with Gasteiger partial charge in [-0.1, -0.05) is 45.0 Å². The normalized spacial score (nSPS) is 13.0. The van der Waals surface area contributed by atoms with Crippen LogP contribution < -0.4 is 4.57 Å². The molecule has 0 fully saturated rings. The fraction of sp³-hybridized carbons (Fsp3) is 0.250. The Kier molecular flexibility index (Phi) is 4.12. The van der Waals surface area contributed by atoms with Crippen LogP contribution in [0.3, 0.4) is 0 Å². The summed E-state index contributed by atoms with van der Waals surface area (Å²) >= 11 is 0. The molecular formula is C32H29FN3+. The molecule has 7 rings (SSSR count). The zero-order chi connectivity index (χ0) is 25.1. The first-order valence-electron chi connectivity index (χ1n) is 12.6. The summed E-state index contributed by atoms with van der Waals surface area (Å²) in [4.78, 5) is 4.76. The highest BCUT2D eigenvalue weighted by Crippen LogP contribution is 2.44. The predicted molar refractivity (Wildman–Crippen MR) is 148 cm³/mol. The SMILES string of the molecule is Cc1c2cc(CC(C)(C)C)ccc2c(C)c2c1c1c3c(ccc4c5c(F)cccc5n2c43)nc[n+]1C. The van der Waals surface area contributed by atoms with Crippen molar-refractivity contribution in [2.45, 2.75) is 41.0 Å². The molecule has 4 heteroatoms. The van der Waals surface area contributed by atoms with Crippen LogP contribution in [0.25, 0.3) is 59.9 Å². The van der Waals surface area contributed by atoms with E-state index in [0.29, 0.717) is 5.39 Å². The van der Waals surface area contributed by atoms with Gasteiger partial charge in [0.15, 0.2) is 5.52 Å². The fourth-order valence-electron chi connectivity index (χ4n) is 6.51. The third-order valence-corrected chi connectivity index (χ3v) is 7.89. The van der Waals surface area contributed by atoms with E-state index < -0.39 is 0 Å². The first kappa shape index (κ1) is 21.5. The van der Waals surface area contributed by atoms with Crippen molar-refractivity contribution in [3.8, 4) is 0 Å². The molecule has 0 atom stereocenters. The summed E-state index contributed by atoms with van der Waals surface area (Å²) in [5.74, 6) is -0.184. The zero-order valence-corrected chi connectivity index (χ0v) is 21.6. The van der Waals surface area contributed by atoms with E-state index >= 15 is 4.39 Å². The maximum atomic E-state index is 15.3. The van der Waals surface area contributed by atoms with E-state index in [9.17, 15) is 0 Å². The lowest BCUT2D eigenvalue weighted by molar-refractivity contribution is -0.646. The van der Waals surface area contributed by atoms with E-state index in [4.69, 9.17) is 4.98 Å². The second-order valence-electron chi connectivity index (χ2n) is 11.6. The number of rotatable bonds is 1. The van der Waals surface area contributed by atoms with Gasteiger partial charge >= 0.3 is 0 Å². The smallest absolute Gasteiger partial charge is 0.287 e. The van der Waals surface area contributed by atoms with Gasteiger partial charge in [0.1, 0.15) is 11.3 Å². The van der Waals surface area contributed by atoms with Crippen molar-refractivity contribution < 1.29 is 8.96 Å². The molecule has 7 aromatic rings. The van der Waals surface area contributed by atoms with Crippen LogP contribution >= 0.6 is 0 Å². The highest BCUT2D eigenvalue weighted by atomic mass is 19.1. The summed E-state index contributed by atoms with van der Waals surface area (Å²) in [7, 11) is 2.07. The van der Waals surface area contributed by atoms with Crippen LogP contribution in [0, 0.1) is 25.1 Å². The van der Waals surface area contributed by atoms with E-state index in [0.717, 1.165) is 44.8 Å². The summed E-state index contributed by atoms with van der Waals surface area (Å²) in [6.07, 6.45) is 2.93. The van der Waals surface area contributed by atoms with Crippen molar-refractivity contribution >= 4 is 59.9 Å². The number of halogens is 1. The van der Waals surface area contributed by atoms with Gasteiger partial charge in [-0.3, -0.25) is 0 Å². The first-order valence-corrected chi connectivity index (χ1v) is 12.6. The zero-order valence-electron chi connectivity index (χ0n) is 21.6. The minimum absolute atomic E-state index is 0.184. The van der Waals surface area contributed by atoms with Crippen molar-refractivity contribution in [1.29, 1.82) is 0 Å². The van der Waals surface area contributed by atoms with Gasteiger partial charge in [-0.15, -0.1) is 0 Å².